The number of hydrogen-bond acceptors (Lipinski definition) is 3. The van der Waals surface area contributed by atoms with Gasteiger partial charge in [-0.1, -0.05) is 41.9 Å². The number of fused-ring (bicyclic) bond motifs is 2. The second-order valence-electron chi connectivity index (χ2n) is 6.03. The maximum absolute atomic E-state index is 13.3. The minimum atomic E-state index is -0.266. The second-order valence-corrected chi connectivity index (χ2v) is 7.47. The van der Waals surface area contributed by atoms with E-state index >= 15 is 0 Å². The maximum atomic E-state index is 13.3. The van der Waals surface area contributed by atoms with Gasteiger partial charge in [0.25, 0.3) is 5.91 Å². The van der Waals surface area contributed by atoms with Gasteiger partial charge in [-0.2, -0.15) is 0 Å². The third-order valence-electron chi connectivity index (χ3n) is 4.31. The molecule has 0 bridgehead atoms. The summed E-state index contributed by atoms with van der Waals surface area (Å²) in [6.07, 6.45) is 0.239. The number of hydrogen-bond donors (Lipinski definition) is 1. The average Bonchev–Trinajstić information content (AvgIpc) is 2.86. The van der Waals surface area contributed by atoms with Crippen molar-refractivity contribution in [1.82, 2.24) is 0 Å². The van der Waals surface area contributed by atoms with E-state index in [9.17, 15) is 9.59 Å². The summed E-state index contributed by atoms with van der Waals surface area (Å²) in [6.45, 7) is 1.88. The molecule has 1 atom stereocenters. The first-order chi connectivity index (χ1) is 12.1. The normalized spacial score (nSPS) is 17.1. The van der Waals surface area contributed by atoms with Gasteiger partial charge in [0.1, 0.15) is 4.88 Å². The van der Waals surface area contributed by atoms with Crippen LogP contribution in [-0.2, 0) is 4.79 Å². The van der Waals surface area contributed by atoms with Crippen LogP contribution in [0.25, 0.3) is 10.1 Å². The lowest BCUT2D eigenvalue weighted by Gasteiger charge is -2.27. The molecule has 0 fully saturated rings. The number of nitrogens with one attached hydrogen (secondary N) is 1. The van der Waals surface area contributed by atoms with E-state index in [1.54, 1.807) is 11.0 Å². The Hall–Kier alpha value is -2.37. The Bertz CT molecular complexity index is 998. The van der Waals surface area contributed by atoms with Gasteiger partial charge in [0.2, 0.25) is 5.91 Å². The van der Waals surface area contributed by atoms with Crippen molar-refractivity contribution in [2.75, 3.05) is 10.2 Å². The molecule has 2 amide bonds. The van der Waals surface area contributed by atoms with Crippen molar-refractivity contribution >= 4 is 56.2 Å². The van der Waals surface area contributed by atoms with Crippen molar-refractivity contribution in [3.8, 4) is 0 Å². The van der Waals surface area contributed by atoms with Crippen LogP contribution in [0.4, 0.5) is 11.4 Å². The standard InChI is InChI=1S/C19H15ClN2O2S/c1-11-10-16(23)21-13-7-3-4-8-14(13)22(11)19(24)18-17(20)12-6-2-5-9-15(12)25-18/h2-9,11H,10H2,1H3,(H,21,23). The minimum absolute atomic E-state index is 0.0994. The Labute approximate surface area is 154 Å². The molecule has 0 radical (unpaired) electrons. The summed E-state index contributed by atoms with van der Waals surface area (Å²) in [7, 11) is 0. The van der Waals surface area contributed by atoms with Crippen LogP contribution in [0.5, 0.6) is 0 Å². The molecule has 1 N–H and O–H groups in total. The maximum Gasteiger partial charge on any atom is 0.270 e. The van der Waals surface area contributed by atoms with Gasteiger partial charge >= 0.3 is 0 Å². The van der Waals surface area contributed by atoms with Crippen molar-refractivity contribution < 1.29 is 9.59 Å². The Balaban J connectivity index is 1.85. The van der Waals surface area contributed by atoms with Crippen LogP contribution in [0.2, 0.25) is 5.02 Å². The first-order valence-electron chi connectivity index (χ1n) is 7.95. The molecule has 1 aromatic heterocycles. The molecule has 0 spiro atoms. The van der Waals surface area contributed by atoms with Crippen LogP contribution in [0, 0.1) is 0 Å². The van der Waals surface area contributed by atoms with Crippen LogP contribution in [-0.4, -0.2) is 17.9 Å². The first kappa shape index (κ1) is 16.1. The lowest BCUT2D eigenvalue weighted by atomic mass is 10.1. The number of nitrogens with zero attached hydrogens (tertiary/aromatic N) is 1. The molecule has 4 rings (SSSR count). The molecule has 2 heterocycles. The Kier molecular flexibility index (Phi) is 3.98. The lowest BCUT2D eigenvalue weighted by molar-refractivity contribution is -0.116. The highest BCUT2D eigenvalue weighted by molar-refractivity contribution is 7.21. The third-order valence-corrected chi connectivity index (χ3v) is 5.97. The largest absolute Gasteiger partial charge is 0.324 e. The fraction of sp³-hybridized carbons (Fsp3) is 0.158. The molecular formula is C19H15ClN2O2S. The van der Waals surface area contributed by atoms with Crippen molar-refractivity contribution in [3.63, 3.8) is 0 Å². The quantitative estimate of drug-likeness (QED) is 0.660. The van der Waals surface area contributed by atoms with Gasteiger partial charge in [0.15, 0.2) is 0 Å². The molecule has 2 aromatic carbocycles. The molecule has 0 aliphatic carbocycles. The summed E-state index contributed by atoms with van der Waals surface area (Å²) in [5.74, 6) is -0.277. The van der Waals surface area contributed by atoms with Gasteiger partial charge < -0.3 is 10.2 Å². The van der Waals surface area contributed by atoms with E-state index < -0.39 is 0 Å². The van der Waals surface area contributed by atoms with Crippen LogP contribution in [0.1, 0.15) is 23.0 Å². The topological polar surface area (TPSA) is 49.4 Å². The zero-order chi connectivity index (χ0) is 17.6. The number of rotatable bonds is 1. The number of benzene rings is 2. The summed E-state index contributed by atoms with van der Waals surface area (Å²) in [5, 5.41) is 4.22. The van der Waals surface area contributed by atoms with Gasteiger partial charge in [-0.3, -0.25) is 9.59 Å². The molecule has 25 heavy (non-hydrogen) atoms. The molecule has 1 aliphatic heterocycles. The average molecular weight is 371 g/mol. The molecule has 1 aliphatic rings. The van der Waals surface area contributed by atoms with Gasteiger partial charge in [-0.25, -0.2) is 0 Å². The van der Waals surface area contributed by atoms with Crippen LogP contribution in [0.15, 0.2) is 48.5 Å². The Morgan fingerprint density at radius 1 is 1.20 bits per heavy atom. The smallest absolute Gasteiger partial charge is 0.270 e. The van der Waals surface area contributed by atoms with E-state index in [1.165, 1.54) is 11.3 Å². The molecule has 0 saturated heterocycles. The molecular weight excluding hydrogens is 356 g/mol. The number of anilines is 2. The van der Waals surface area contributed by atoms with Crippen LogP contribution in [0.3, 0.4) is 0 Å². The summed E-state index contributed by atoms with van der Waals surface area (Å²) >= 11 is 7.88. The van der Waals surface area contributed by atoms with E-state index in [2.05, 4.69) is 5.32 Å². The SMILES string of the molecule is CC1CC(=O)Nc2ccccc2N1C(=O)c1sc2ccccc2c1Cl. The number of thiophene rings is 1. The van der Waals surface area contributed by atoms with Crippen LogP contribution >= 0.6 is 22.9 Å². The fourth-order valence-electron chi connectivity index (χ4n) is 3.16. The molecule has 126 valence electrons. The van der Waals surface area contributed by atoms with Crippen molar-refractivity contribution in [1.29, 1.82) is 0 Å². The highest BCUT2D eigenvalue weighted by Crippen LogP contribution is 2.39. The van der Waals surface area contributed by atoms with Gasteiger partial charge in [-0.05, 0) is 25.1 Å². The van der Waals surface area contributed by atoms with E-state index in [0.717, 1.165) is 10.1 Å². The highest BCUT2D eigenvalue weighted by Gasteiger charge is 2.32. The third kappa shape index (κ3) is 2.69. The fourth-order valence-corrected chi connectivity index (χ4v) is 4.61. The van der Waals surface area contributed by atoms with E-state index in [-0.39, 0.29) is 24.3 Å². The highest BCUT2D eigenvalue weighted by atomic mass is 35.5. The number of para-hydroxylation sites is 2. The summed E-state index contributed by atoms with van der Waals surface area (Å²) < 4.78 is 0.973. The van der Waals surface area contributed by atoms with Gasteiger partial charge in [0.05, 0.1) is 16.4 Å². The summed E-state index contributed by atoms with van der Waals surface area (Å²) in [4.78, 5) is 27.6. The zero-order valence-electron chi connectivity index (χ0n) is 13.5. The minimum Gasteiger partial charge on any atom is -0.324 e. The lowest BCUT2D eigenvalue weighted by Crippen LogP contribution is -2.38. The summed E-state index contributed by atoms with van der Waals surface area (Å²) in [6, 6.07) is 14.8. The van der Waals surface area contributed by atoms with Crippen molar-refractivity contribution in [2.24, 2.45) is 0 Å². The molecule has 3 aromatic rings. The Morgan fingerprint density at radius 3 is 2.72 bits per heavy atom. The van der Waals surface area contributed by atoms with Gasteiger partial charge in [-0.15, -0.1) is 11.3 Å². The van der Waals surface area contributed by atoms with E-state index in [0.29, 0.717) is 21.3 Å². The number of carbonyl (C=O) groups is 2. The van der Waals surface area contributed by atoms with Gasteiger partial charge in [0, 0.05) is 22.5 Å². The summed E-state index contributed by atoms with van der Waals surface area (Å²) in [5.41, 5.74) is 1.34. The first-order valence-corrected chi connectivity index (χ1v) is 9.15. The molecule has 0 saturated carbocycles. The predicted octanol–water partition coefficient (Wildman–Crippen LogP) is 4.93. The monoisotopic (exact) mass is 370 g/mol. The Morgan fingerprint density at radius 2 is 1.92 bits per heavy atom. The van der Waals surface area contributed by atoms with Crippen molar-refractivity contribution in [3.05, 3.63) is 58.4 Å². The number of halogens is 1. The molecule has 1 unspecified atom stereocenters. The van der Waals surface area contributed by atoms with E-state index in [4.69, 9.17) is 11.6 Å². The molecule has 6 heteroatoms. The number of amides is 2. The zero-order valence-corrected chi connectivity index (χ0v) is 15.0. The predicted molar refractivity (Wildman–Crippen MR) is 103 cm³/mol. The van der Waals surface area contributed by atoms with E-state index in [1.807, 2.05) is 49.4 Å². The number of carbonyl (C=O) groups excluding carboxylic acids is 2. The molecule has 4 nitrogen and oxygen atoms in total. The van der Waals surface area contributed by atoms with Crippen molar-refractivity contribution in [2.45, 2.75) is 19.4 Å². The van der Waals surface area contributed by atoms with Crippen LogP contribution < -0.4 is 10.2 Å². The second kappa shape index (κ2) is 6.17.